The van der Waals surface area contributed by atoms with Gasteiger partial charge in [0, 0.05) is 19.6 Å². The van der Waals surface area contributed by atoms with Gasteiger partial charge in [0.1, 0.15) is 23.4 Å². The van der Waals surface area contributed by atoms with E-state index in [2.05, 4.69) is 46.8 Å². The third-order valence-electron chi connectivity index (χ3n) is 6.84. The summed E-state index contributed by atoms with van der Waals surface area (Å²) in [6.07, 6.45) is 3.60. The van der Waals surface area contributed by atoms with Gasteiger partial charge in [-0.25, -0.2) is 9.59 Å². The summed E-state index contributed by atoms with van der Waals surface area (Å²) in [6, 6.07) is -0.306. The van der Waals surface area contributed by atoms with Crippen molar-refractivity contribution in [1.82, 2.24) is 15.5 Å². The largest absolute Gasteiger partial charge is 0.443 e. The first-order valence-electron chi connectivity index (χ1n) is 11.2. The van der Waals surface area contributed by atoms with E-state index in [-0.39, 0.29) is 35.4 Å². The average molecular weight is 452 g/mol. The molecule has 1 aromatic heterocycles. The van der Waals surface area contributed by atoms with Gasteiger partial charge in [-0.15, -0.1) is 0 Å². The number of H-pyrrole nitrogens is 1. The quantitative estimate of drug-likeness (QED) is 0.454. The Morgan fingerprint density at radius 2 is 2.19 bits per heavy atom. The molecule has 2 saturated heterocycles. The molecule has 3 heterocycles. The van der Waals surface area contributed by atoms with Crippen LogP contribution in [0.3, 0.4) is 0 Å². The summed E-state index contributed by atoms with van der Waals surface area (Å²) < 4.78 is 28.3. The Hall–Kier alpha value is -2.17. The molecule has 1 aromatic rings. The second-order valence-electron chi connectivity index (χ2n) is 9.61. The molecule has 1 saturated carbocycles. The number of hydrogen-bond donors (Lipinski definition) is 2. The molecule has 10 heteroatoms. The lowest BCUT2D eigenvalue weighted by molar-refractivity contribution is -0.118. The number of ether oxygens (including phenoxy) is 4. The minimum Gasteiger partial charge on any atom is -0.443 e. The van der Waals surface area contributed by atoms with Crippen LogP contribution in [0, 0.1) is 5.92 Å². The summed E-state index contributed by atoms with van der Waals surface area (Å²) >= 11 is 0. The van der Waals surface area contributed by atoms with Crippen LogP contribution in [0.25, 0.3) is 0 Å². The number of amides is 1. The molecule has 1 amide bonds. The highest BCUT2D eigenvalue weighted by Crippen LogP contribution is 2.59. The Bertz CT molecular complexity index is 917. The van der Waals surface area contributed by atoms with E-state index in [1.807, 2.05) is 0 Å². The van der Waals surface area contributed by atoms with Gasteiger partial charge in [-0.1, -0.05) is 16.8 Å². The van der Waals surface area contributed by atoms with E-state index < -0.39 is 18.0 Å². The van der Waals surface area contributed by atoms with E-state index in [4.69, 9.17) is 18.9 Å². The number of rotatable bonds is 8. The van der Waals surface area contributed by atoms with E-state index in [9.17, 15) is 9.59 Å². The Balaban J connectivity index is 1.39. The molecule has 1 spiro atoms. The Labute approximate surface area is 187 Å². The normalized spacial score (nSPS) is 36.4. The van der Waals surface area contributed by atoms with E-state index in [0.717, 1.165) is 12.8 Å². The van der Waals surface area contributed by atoms with Gasteiger partial charge in [0.05, 0.1) is 18.6 Å². The molecule has 178 valence electrons. The Morgan fingerprint density at radius 3 is 2.78 bits per heavy atom. The lowest BCUT2D eigenvalue weighted by Gasteiger charge is -2.42. The van der Waals surface area contributed by atoms with Crippen LogP contribution in [0.1, 0.15) is 52.8 Å². The van der Waals surface area contributed by atoms with Crippen molar-refractivity contribution in [2.45, 2.75) is 88.9 Å². The smallest absolute Gasteiger partial charge is 0.438 e. The van der Waals surface area contributed by atoms with E-state index in [1.54, 1.807) is 14.0 Å². The highest BCUT2D eigenvalue weighted by Gasteiger charge is 2.72. The van der Waals surface area contributed by atoms with Crippen molar-refractivity contribution in [3.8, 4) is 0 Å². The number of epoxide rings is 2. The summed E-state index contributed by atoms with van der Waals surface area (Å²) in [4.78, 5) is 26.1. The summed E-state index contributed by atoms with van der Waals surface area (Å²) in [6.45, 7) is 8.74. The zero-order valence-corrected chi connectivity index (χ0v) is 19.3. The van der Waals surface area contributed by atoms with Gasteiger partial charge < -0.3 is 24.3 Å². The summed E-state index contributed by atoms with van der Waals surface area (Å²) in [5.41, 5.74) is 0.611. The molecule has 1 unspecified atom stereocenters. The molecule has 32 heavy (non-hydrogen) atoms. The van der Waals surface area contributed by atoms with E-state index in [1.165, 1.54) is 5.57 Å². The van der Waals surface area contributed by atoms with Crippen LogP contribution in [0.5, 0.6) is 0 Å². The predicted octanol–water partition coefficient (Wildman–Crippen LogP) is 2.10. The number of aromatic amines is 1. The molecule has 1 aliphatic carbocycles. The number of alkyl carbamates (subject to hydrolysis) is 1. The number of nitrogens with one attached hydrogen (secondary N) is 2. The molecule has 10 nitrogen and oxygen atoms in total. The summed E-state index contributed by atoms with van der Waals surface area (Å²) in [5, 5.41) is 6.40. The molecule has 4 rings (SSSR count). The van der Waals surface area contributed by atoms with Crippen molar-refractivity contribution in [3.63, 3.8) is 0 Å². The topological polar surface area (TPSA) is 132 Å². The number of carbonyl (C=O) groups excluding carboxylic acids is 1. The summed E-state index contributed by atoms with van der Waals surface area (Å²) in [7, 11) is 1.65. The monoisotopic (exact) mass is 451 g/mol. The molecule has 3 aliphatic rings. The number of nitrogens with zero attached hydrogens (tertiary/aromatic N) is 1. The van der Waals surface area contributed by atoms with Gasteiger partial charge in [0.2, 0.25) is 0 Å². The number of allylic oxidation sites excluding steroid dienone is 1. The highest BCUT2D eigenvalue weighted by molar-refractivity contribution is 5.67. The molecule has 2 aliphatic heterocycles. The third-order valence-corrected chi connectivity index (χ3v) is 6.84. The lowest BCUT2D eigenvalue weighted by atomic mass is 9.68. The fourth-order valence-electron chi connectivity index (χ4n) is 5.13. The maximum absolute atomic E-state index is 12.6. The fourth-order valence-corrected chi connectivity index (χ4v) is 5.13. The van der Waals surface area contributed by atoms with Crippen LogP contribution in [0.2, 0.25) is 0 Å². The molecular formula is C22H33N3O7. The van der Waals surface area contributed by atoms with Crippen molar-refractivity contribution in [2.75, 3.05) is 13.7 Å². The number of hydrogen-bond acceptors (Lipinski definition) is 8. The molecule has 0 radical (unpaired) electrons. The van der Waals surface area contributed by atoms with Gasteiger partial charge in [0.25, 0.3) is 0 Å². The van der Waals surface area contributed by atoms with Crippen molar-refractivity contribution in [3.05, 3.63) is 28.0 Å². The molecule has 0 aromatic carbocycles. The van der Waals surface area contributed by atoms with E-state index >= 15 is 0 Å². The Morgan fingerprint density at radius 1 is 1.44 bits per heavy atom. The van der Waals surface area contributed by atoms with Crippen LogP contribution >= 0.6 is 0 Å². The van der Waals surface area contributed by atoms with Crippen LogP contribution in [0.4, 0.5) is 4.79 Å². The fraction of sp³-hybridized carbons (Fsp3) is 0.773. The predicted molar refractivity (Wildman–Crippen MR) is 113 cm³/mol. The van der Waals surface area contributed by atoms with Crippen molar-refractivity contribution in [2.24, 2.45) is 5.92 Å². The average Bonchev–Trinajstić information content (AvgIpc) is 3.59. The standard InChI is InChI=1S/C22H33N3O7/c1-12(2)6-7-15-21(4,31-15)18-17(28-5)14(8-9-22(18)11-29-22)30-19(26)23-13(3)10-16-24-20(27)32-25-16/h6,13-15,17-18H,7-11H2,1-5H3,(H,23,26)(H,24,25,27)/t13-,14+,15+,17+,18?,21-,22-/m0/s1. The molecule has 3 fully saturated rings. The number of aromatic nitrogens is 2. The van der Waals surface area contributed by atoms with Gasteiger partial charge in [-0.3, -0.25) is 9.51 Å². The van der Waals surface area contributed by atoms with Crippen LogP contribution in [0.15, 0.2) is 21.0 Å². The SMILES string of the molecule is CO[C@H]1C([C@@]2(C)O[C@@H]2CC=C(C)C)[C@]2(CC[C@H]1OC(=O)N[C@@H](C)Cc1noc(=O)[nH]1)CO2. The van der Waals surface area contributed by atoms with Crippen LogP contribution in [-0.4, -0.2) is 65.5 Å². The molecule has 0 bridgehead atoms. The van der Waals surface area contributed by atoms with Gasteiger partial charge in [-0.05, 0) is 47.0 Å². The van der Waals surface area contributed by atoms with Crippen molar-refractivity contribution >= 4 is 6.09 Å². The number of methoxy groups -OCH3 is 1. The first-order chi connectivity index (χ1) is 15.2. The minimum atomic E-state index is -0.624. The van der Waals surface area contributed by atoms with E-state index in [0.29, 0.717) is 25.3 Å². The highest BCUT2D eigenvalue weighted by atomic mass is 16.6. The molecule has 2 N–H and O–H groups in total. The maximum atomic E-state index is 12.6. The second-order valence-corrected chi connectivity index (χ2v) is 9.61. The first kappa shape index (κ1) is 23.0. The van der Waals surface area contributed by atoms with Crippen LogP contribution in [-0.2, 0) is 25.4 Å². The third kappa shape index (κ3) is 4.62. The van der Waals surface area contributed by atoms with Gasteiger partial charge in [-0.2, -0.15) is 0 Å². The molecule has 7 atom stereocenters. The van der Waals surface area contributed by atoms with Gasteiger partial charge >= 0.3 is 11.8 Å². The van der Waals surface area contributed by atoms with Crippen LogP contribution < -0.4 is 11.1 Å². The van der Waals surface area contributed by atoms with Crippen molar-refractivity contribution < 1.29 is 28.3 Å². The molecular weight excluding hydrogens is 418 g/mol. The zero-order valence-electron chi connectivity index (χ0n) is 19.3. The lowest BCUT2D eigenvalue weighted by Crippen LogP contribution is -2.56. The first-order valence-corrected chi connectivity index (χ1v) is 11.2. The second kappa shape index (κ2) is 8.64. The Kier molecular flexibility index (Phi) is 6.21. The maximum Gasteiger partial charge on any atom is 0.438 e. The minimum absolute atomic E-state index is 0.0280. The van der Waals surface area contributed by atoms with Crippen molar-refractivity contribution in [1.29, 1.82) is 0 Å². The summed E-state index contributed by atoms with van der Waals surface area (Å²) in [5.74, 6) is -0.287. The number of carbonyl (C=O) groups is 1. The zero-order chi connectivity index (χ0) is 23.1. The van der Waals surface area contributed by atoms with Gasteiger partial charge in [0.15, 0.2) is 5.82 Å².